The number of aliphatic hydroxyl groups excluding tert-OH is 1. The smallest absolute Gasteiger partial charge is 0.253 e. The average molecular weight is 412 g/mol. The highest BCUT2D eigenvalue weighted by Gasteiger charge is 2.20. The van der Waals surface area contributed by atoms with E-state index in [1.165, 1.54) is 7.11 Å². The second kappa shape index (κ2) is 9.83. The Morgan fingerprint density at radius 2 is 1.78 bits per heavy atom. The molecule has 0 fully saturated rings. The summed E-state index contributed by atoms with van der Waals surface area (Å²) in [7, 11) is 4.79. The summed E-state index contributed by atoms with van der Waals surface area (Å²) in [5.41, 5.74) is 1.41. The highest BCUT2D eigenvalue weighted by atomic mass is 35.5. The summed E-state index contributed by atoms with van der Waals surface area (Å²) >= 11 is 12.1. The van der Waals surface area contributed by atoms with Gasteiger partial charge in [-0.3, -0.25) is 4.79 Å². The SMILES string of the molecule is COc1ccc(C(=O)N(C)CC(CCO)c2ccc(Cl)c(Cl)c2)cc1OC. The lowest BCUT2D eigenvalue weighted by Gasteiger charge is -2.25. The molecule has 1 amide bonds. The molecule has 1 unspecified atom stereocenters. The molecule has 0 spiro atoms. The Labute approximate surface area is 169 Å². The van der Waals surface area contributed by atoms with E-state index in [0.29, 0.717) is 40.1 Å². The minimum absolute atomic E-state index is 0.00328. The van der Waals surface area contributed by atoms with E-state index in [4.69, 9.17) is 32.7 Å². The lowest BCUT2D eigenvalue weighted by Crippen LogP contribution is -2.31. The van der Waals surface area contributed by atoms with Crippen molar-refractivity contribution in [3.05, 3.63) is 57.6 Å². The second-order valence-corrected chi connectivity index (χ2v) is 6.95. The Morgan fingerprint density at radius 3 is 2.37 bits per heavy atom. The van der Waals surface area contributed by atoms with Gasteiger partial charge >= 0.3 is 0 Å². The van der Waals surface area contributed by atoms with Crippen LogP contribution in [0.3, 0.4) is 0 Å². The van der Waals surface area contributed by atoms with Crippen LogP contribution in [0.1, 0.15) is 28.3 Å². The van der Waals surface area contributed by atoms with E-state index < -0.39 is 0 Å². The van der Waals surface area contributed by atoms with Crippen molar-refractivity contribution in [1.29, 1.82) is 0 Å². The summed E-state index contributed by atoms with van der Waals surface area (Å²) in [5.74, 6) is 0.830. The third-order valence-electron chi connectivity index (χ3n) is 4.36. The zero-order valence-electron chi connectivity index (χ0n) is 15.5. The number of carbonyl (C=O) groups excluding carboxylic acids is 1. The van der Waals surface area contributed by atoms with Crippen LogP contribution < -0.4 is 9.47 Å². The molecule has 7 heteroatoms. The Hall–Kier alpha value is -1.95. The quantitative estimate of drug-likeness (QED) is 0.705. The van der Waals surface area contributed by atoms with Crippen molar-refractivity contribution in [3.63, 3.8) is 0 Å². The molecule has 0 aromatic heterocycles. The first-order valence-electron chi connectivity index (χ1n) is 8.44. The van der Waals surface area contributed by atoms with Crippen molar-refractivity contribution >= 4 is 29.1 Å². The molecule has 1 atom stereocenters. The van der Waals surface area contributed by atoms with E-state index in [9.17, 15) is 9.90 Å². The van der Waals surface area contributed by atoms with Gasteiger partial charge in [-0.1, -0.05) is 29.3 Å². The van der Waals surface area contributed by atoms with Crippen LogP contribution in [0.15, 0.2) is 36.4 Å². The van der Waals surface area contributed by atoms with Crippen molar-refractivity contribution in [2.24, 2.45) is 0 Å². The number of nitrogens with zero attached hydrogens (tertiary/aromatic N) is 1. The summed E-state index contributed by atoms with van der Waals surface area (Å²) in [6.45, 7) is 0.426. The number of methoxy groups -OCH3 is 2. The van der Waals surface area contributed by atoms with Gasteiger partial charge in [0.05, 0.1) is 24.3 Å². The largest absolute Gasteiger partial charge is 0.493 e. The molecule has 27 heavy (non-hydrogen) atoms. The molecule has 0 radical (unpaired) electrons. The Kier molecular flexibility index (Phi) is 7.78. The predicted octanol–water partition coefficient (Wildman–Crippen LogP) is 4.25. The number of likely N-dealkylation sites (N-methyl/N-ethyl adjacent to an activating group) is 1. The van der Waals surface area contributed by atoms with E-state index in [1.807, 2.05) is 6.07 Å². The molecular formula is C20H23Cl2NO4. The molecule has 2 aromatic carbocycles. The predicted molar refractivity (Wildman–Crippen MR) is 107 cm³/mol. The highest BCUT2D eigenvalue weighted by molar-refractivity contribution is 6.42. The second-order valence-electron chi connectivity index (χ2n) is 6.14. The van der Waals surface area contributed by atoms with E-state index in [-0.39, 0.29) is 18.4 Å². The van der Waals surface area contributed by atoms with Gasteiger partial charge in [0.1, 0.15) is 0 Å². The van der Waals surface area contributed by atoms with Crippen LogP contribution in [0, 0.1) is 0 Å². The fraction of sp³-hybridized carbons (Fsp3) is 0.350. The number of halogens is 2. The number of carbonyl (C=O) groups is 1. The van der Waals surface area contributed by atoms with Crippen LogP contribution in [0.4, 0.5) is 0 Å². The van der Waals surface area contributed by atoms with Crippen molar-refractivity contribution in [2.75, 3.05) is 34.4 Å². The van der Waals surface area contributed by atoms with E-state index in [0.717, 1.165) is 5.56 Å². The minimum atomic E-state index is -0.154. The molecule has 1 N–H and O–H groups in total. The molecule has 146 valence electrons. The van der Waals surface area contributed by atoms with E-state index in [2.05, 4.69) is 0 Å². The molecule has 0 heterocycles. The van der Waals surface area contributed by atoms with Crippen LogP contribution in [0.2, 0.25) is 10.0 Å². The molecular weight excluding hydrogens is 389 g/mol. The number of ether oxygens (including phenoxy) is 2. The number of aliphatic hydroxyl groups is 1. The number of hydrogen-bond acceptors (Lipinski definition) is 4. The molecule has 0 bridgehead atoms. The maximum atomic E-state index is 12.8. The monoisotopic (exact) mass is 411 g/mol. The minimum Gasteiger partial charge on any atom is -0.493 e. The van der Waals surface area contributed by atoms with E-state index >= 15 is 0 Å². The van der Waals surface area contributed by atoms with Crippen molar-refractivity contribution in [1.82, 2.24) is 4.90 Å². The van der Waals surface area contributed by atoms with Crippen LogP contribution >= 0.6 is 23.2 Å². The lowest BCUT2D eigenvalue weighted by molar-refractivity contribution is 0.0780. The lowest BCUT2D eigenvalue weighted by atomic mass is 9.95. The molecule has 2 rings (SSSR count). The number of benzene rings is 2. The van der Waals surface area contributed by atoms with Crippen LogP contribution in [0.25, 0.3) is 0 Å². The topological polar surface area (TPSA) is 59.0 Å². The maximum absolute atomic E-state index is 12.8. The Balaban J connectivity index is 2.20. The van der Waals surface area contributed by atoms with Gasteiger partial charge in [-0.15, -0.1) is 0 Å². The van der Waals surface area contributed by atoms with Gasteiger partial charge in [0.15, 0.2) is 11.5 Å². The highest BCUT2D eigenvalue weighted by Crippen LogP contribution is 2.30. The molecule has 0 aliphatic carbocycles. The van der Waals surface area contributed by atoms with Gasteiger partial charge in [0.25, 0.3) is 5.91 Å². The van der Waals surface area contributed by atoms with Crippen molar-refractivity contribution in [2.45, 2.75) is 12.3 Å². The summed E-state index contributed by atoms with van der Waals surface area (Å²) in [4.78, 5) is 14.4. The molecule has 0 saturated carbocycles. The summed E-state index contributed by atoms with van der Waals surface area (Å²) < 4.78 is 10.5. The maximum Gasteiger partial charge on any atom is 0.253 e. The third kappa shape index (κ3) is 5.28. The normalized spacial score (nSPS) is 11.8. The number of hydrogen-bond donors (Lipinski definition) is 1. The van der Waals surface area contributed by atoms with E-state index in [1.54, 1.807) is 49.4 Å². The molecule has 0 aliphatic heterocycles. The summed E-state index contributed by atoms with van der Waals surface area (Å²) in [6, 6.07) is 10.4. The summed E-state index contributed by atoms with van der Waals surface area (Å²) in [5, 5.41) is 10.3. The van der Waals surface area contributed by atoms with Crippen molar-refractivity contribution < 1.29 is 19.4 Å². The molecule has 5 nitrogen and oxygen atoms in total. The van der Waals surface area contributed by atoms with Crippen LogP contribution in [-0.4, -0.2) is 50.3 Å². The van der Waals surface area contributed by atoms with Gasteiger partial charge in [-0.25, -0.2) is 0 Å². The van der Waals surface area contributed by atoms with Crippen molar-refractivity contribution in [3.8, 4) is 11.5 Å². The molecule has 2 aromatic rings. The zero-order chi connectivity index (χ0) is 20.0. The first-order valence-corrected chi connectivity index (χ1v) is 9.20. The fourth-order valence-corrected chi connectivity index (χ4v) is 3.20. The fourth-order valence-electron chi connectivity index (χ4n) is 2.89. The average Bonchev–Trinajstić information content (AvgIpc) is 2.68. The van der Waals surface area contributed by atoms with Gasteiger partial charge in [-0.2, -0.15) is 0 Å². The Bertz CT molecular complexity index is 798. The first kappa shape index (κ1) is 21.4. The first-order chi connectivity index (χ1) is 12.9. The summed E-state index contributed by atoms with van der Waals surface area (Å²) in [6.07, 6.45) is 0.502. The van der Waals surface area contributed by atoms with Crippen LogP contribution in [-0.2, 0) is 0 Å². The van der Waals surface area contributed by atoms with Crippen LogP contribution in [0.5, 0.6) is 11.5 Å². The van der Waals surface area contributed by atoms with Gasteiger partial charge in [-0.05, 0) is 42.3 Å². The molecule has 0 saturated heterocycles. The molecule has 0 aliphatic rings. The third-order valence-corrected chi connectivity index (χ3v) is 5.10. The van der Waals surface area contributed by atoms with Gasteiger partial charge < -0.3 is 19.5 Å². The number of amides is 1. The number of rotatable bonds is 8. The van der Waals surface area contributed by atoms with Gasteiger partial charge in [0, 0.05) is 31.7 Å². The standard InChI is InChI=1S/C20H23Cl2NO4/c1-23(20(25)14-5-7-18(26-2)19(11-14)27-3)12-15(8-9-24)13-4-6-16(21)17(22)10-13/h4-7,10-11,15,24H,8-9,12H2,1-3H3. The Morgan fingerprint density at radius 1 is 1.07 bits per heavy atom. The zero-order valence-corrected chi connectivity index (χ0v) is 17.0. The van der Waals surface area contributed by atoms with Gasteiger partial charge in [0.2, 0.25) is 0 Å².